The van der Waals surface area contributed by atoms with Crippen molar-refractivity contribution in [3.05, 3.63) is 65.7 Å². The van der Waals surface area contributed by atoms with E-state index in [1.165, 1.54) is 12.1 Å². The van der Waals surface area contributed by atoms with Gasteiger partial charge in [0.25, 0.3) is 0 Å². The molecule has 1 aliphatic rings. The molecule has 1 saturated heterocycles. The average Bonchev–Trinajstić information content (AvgIpc) is 3.93. The minimum atomic E-state index is -1.02. The van der Waals surface area contributed by atoms with Crippen LogP contribution in [-0.4, -0.2) is 173 Å². The third-order valence-electron chi connectivity index (χ3n) is 9.98. The molecule has 28 heteroatoms. The Hall–Kier alpha value is -5.66. The summed E-state index contributed by atoms with van der Waals surface area (Å²) < 4.78 is 0. The van der Waals surface area contributed by atoms with Crippen LogP contribution >= 0.6 is 24.4 Å². The standard InChI is InChI=1S/C9H11NO3.C9H11NO2.C6H14N2O2.C6H13NO2.C5H11NO2S.C5H9NO2.C5H11NO2.C3H7NO2S/c10-8(9(12)13)5-6-1-3-7(11)4-2-6;10-8(9(11)12)6-7-4-2-1-3-5-7;7-4-2-1-3-5(8)6(9)10;1-3-4(2)5(7)6(8)9;1-9-3-2-4(6)5(7)8;7-5(8)4-2-1-3-6-4;1-3(2)4(6)5(7)8;4-2(1-7)3(5)6/h1-4,8,11H,5,10H2,(H,12,13);1-5,8H,6,10H2,(H,11,12);5H,1-4,7-8H2,(H,9,10);4-5H,3,7H2,1-2H3,(H,8,9);4H,2-3,6H2,1H3,(H,7,8);4,6H,1-3H2,(H,7,8);3-4H,6H2,1-2H3,(H,7,8);2,7H,1,4H2,(H,5,6)/t;;;;;4-;;/m.....0../s1. The zero-order chi connectivity index (χ0) is 60.1. The Bertz CT molecular complexity index is 1880. The second kappa shape index (κ2) is 48.9. The molecule has 0 aromatic heterocycles. The Labute approximate surface area is 454 Å². The zero-order valence-corrected chi connectivity index (χ0v) is 45.6. The van der Waals surface area contributed by atoms with Gasteiger partial charge in [0.05, 0.1) is 0 Å². The summed E-state index contributed by atoms with van der Waals surface area (Å²) in [5.41, 5.74) is 43.4. The Kier molecular flexibility index (Phi) is 51.0. The lowest BCUT2D eigenvalue weighted by Gasteiger charge is -2.11. The quantitative estimate of drug-likeness (QED) is 0.0526. The Morgan fingerprint density at radius 3 is 1.29 bits per heavy atom. The van der Waals surface area contributed by atoms with Crippen LogP contribution < -0.4 is 51.2 Å². The number of phenols is 1. The number of hydrogen-bond acceptors (Lipinski definition) is 20. The summed E-state index contributed by atoms with van der Waals surface area (Å²) >= 11 is 5.25. The molecule has 0 spiro atoms. The Balaban J connectivity index is -0.000000255. The second-order valence-corrected chi connectivity index (χ2v) is 18.2. The van der Waals surface area contributed by atoms with Crippen LogP contribution in [0.4, 0.5) is 0 Å². The van der Waals surface area contributed by atoms with Crippen molar-refractivity contribution in [1.29, 1.82) is 0 Å². The number of unbranched alkanes of at least 4 members (excludes halogenated alkanes) is 1. The number of aliphatic carboxylic acids is 8. The molecule has 2 aromatic carbocycles. The van der Waals surface area contributed by atoms with Crippen LogP contribution in [0.1, 0.15) is 83.8 Å². The van der Waals surface area contributed by atoms with Gasteiger partial charge in [-0.3, -0.25) is 38.4 Å². The monoisotopic (exact) mass is 1130 g/mol. The molecule has 0 saturated carbocycles. The maximum absolute atomic E-state index is 10.4. The first-order valence-electron chi connectivity index (χ1n) is 23.8. The first kappa shape index (κ1) is 79.2. The lowest BCUT2D eigenvalue weighted by Crippen LogP contribution is -2.36. The molecule has 8 unspecified atom stereocenters. The highest BCUT2D eigenvalue weighted by molar-refractivity contribution is 7.98. The molecule has 26 N–H and O–H groups in total. The van der Waals surface area contributed by atoms with Crippen molar-refractivity contribution in [3.8, 4) is 5.75 Å². The van der Waals surface area contributed by atoms with Crippen molar-refractivity contribution < 1.29 is 84.3 Å². The predicted molar refractivity (Wildman–Crippen MR) is 294 cm³/mol. The number of rotatable bonds is 23. The van der Waals surface area contributed by atoms with Gasteiger partial charge in [-0.15, -0.1) is 0 Å². The van der Waals surface area contributed by atoms with Crippen molar-refractivity contribution in [1.82, 2.24) is 5.32 Å². The maximum Gasteiger partial charge on any atom is 0.321 e. The van der Waals surface area contributed by atoms with Crippen LogP contribution in [0.2, 0.25) is 0 Å². The topological polar surface area (TPSA) is 539 Å². The van der Waals surface area contributed by atoms with Crippen molar-refractivity contribution >= 4 is 72.1 Å². The van der Waals surface area contributed by atoms with Gasteiger partial charge in [-0.05, 0) is 105 Å². The summed E-state index contributed by atoms with van der Waals surface area (Å²) in [4.78, 5) is 81.1. The summed E-state index contributed by atoms with van der Waals surface area (Å²) in [5, 5.41) is 78.4. The first-order valence-corrected chi connectivity index (χ1v) is 25.8. The molecule has 76 heavy (non-hydrogen) atoms. The summed E-state index contributed by atoms with van der Waals surface area (Å²) in [6.07, 6.45) is 7.90. The van der Waals surface area contributed by atoms with E-state index in [9.17, 15) is 38.4 Å². The molecule has 26 nitrogen and oxygen atoms in total. The summed E-state index contributed by atoms with van der Waals surface area (Å²) in [6, 6.07) is 10.1. The molecule has 0 bridgehead atoms. The Morgan fingerprint density at radius 2 is 1.03 bits per heavy atom. The normalized spacial score (nSPS) is 15.0. The SMILES string of the molecule is CC(C)C(N)C(=O)O.CCC(C)C(N)C(=O)O.CSCCC(N)C(=O)O.NC(CS)C(=O)O.NC(Cc1ccc(O)cc1)C(=O)O.NC(Cc1ccccc1)C(=O)O.NCCCCC(N)C(=O)O.O=C(O)[C@@H]1CCCN1. The van der Waals surface area contributed by atoms with Gasteiger partial charge in [0.15, 0.2) is 0 Å². The summed E-state index contributed by atoms with van der Waals surface area (Å²) in [6.45, 7) is 8.77. The third-order valence-corrected chi connectivity index (χ3v) is 11.0. The van der Waals surface area contributed by atoms with E-state index in [0.717, 1.165) is 55.5 Å². The van der Waals surface area contributed by atoms with Crippen LogP contribution in [-0.2, 0) is 51.2 Å². The number of phenolic OH excluding ortho intramolecular Hbond substituents is 1. The van der Waals surface area contributed by atoms with Crippen LogP contribution in [0.25, 0.3) is 0 Å². The van der Waals surface area contributed by atoms with Gasteiger partial charge in [0.2, 0.25) is 0 Å². The Morgan fingerprint density at radius 1 is 0.605 bits per heavy atom. The highest BCUT2D eigenvalue weighted by Crippen LogP contribution is 2.11. The van der Waals surface area contributed by atoms with Crippen molar-refractivity contribution in [2.45, 2.75) is 134 Å². The minimum absolute atomic E-state index is 0.0208. The highest BCUT2D eigenvalue weighted by Gasteiger charge is 2.20. The van der Waals surface area contributed by atoms with Crippen molar-refractivity contribution in [2.75, 3.05) is 30.9 Å². The number of benzene rings is 2. The van der Waals surface area contributed by atoms with Gasteiger partial charge in [-0.25, -0.2) is 0 Å². The number of nitrogens with two attached hydrogens (primary N) is 8. The van der Waals surface area contributed by atoms with Crippen LogP contribution in [0.3, 0.4) is 0 Å². The molecule has 0 radical (unpaired) electrons. The van der Waals surface area contributed by atoms with Crippen LogP contribution in [0.15, 0.2) is 54.6 Å². The number of thiol groups is 1. The molecule has 0 aliphatic carbocycles. The van der Waals surface area contributed by atoms with Gasteiger partial charge in [0, 0.05) is 5.75 Å². The number of nitrogens with one attached hydrogen (secondary N) is 1. The number of carbonyl (C=O) groups is 8. The molecule has 1 heterocycles. The molecular weight excluding hydrogens is 1040 g/mol. The molecule has 0 amide bonds. The van der Waals surface area contributed by atoms with E-state index in [2.05, 4.69) is 17.9 Å². The number of carboxylic acid groups (broad SMARTS) is 8. The molecule has 3 rings (SSSR count). The second-order valence-electron chi connectivity index (χ2n) is 16.9. The van der Waals surface area contributed by atoms with Gasteiger partial charge < -0.3 is 97.1 Å². The number of hydrogen-bond donors (Lipinski definition) is 19. The predicted octanol–water partition coefficient (Wildman–Crippen LogP) is 0.316. The maximum atomic E-state index is 10.4. The van der Waals surface area contributed by atoms with Crippen LogP contribution in [0, 0.1) is 11.8 Å². The average molecular weight is 1130 g/mol. The van der Waals surface area contributed by atoms with E-state index in [1.807, 2.05) is 50.4 Å². The van der Waals surface area contributed by atoms with Crippen LogP contribution in [0.5, 0.6) is 5.75 Å². The van der Waals surface area contributed by atoms with E-state index in [1.54, 1.807) is 37.7 Å². The van der Waals surface area contributed by atoms with Gasteiger partial charge in [-0.1, -0.05) is 83.0 Å². The van der Waals surface area contributed by atoms with Crippen molar-refractivity contribution in [3.63, 3.8) is 0 Å². The van der Waals surface area contributed by atoms with E-state index in [4.69, 9.17) is 91.8 Å². The fourth-order valence-electron chi connectivity index (χ4n) is 4.68. The summed E-state index contributed by atoms with van der Waals surface area (Å²) in [5.74, 6) is -6.14. The molecule has 9 atom stereocenters. The zero-order valence-electron chi connectivity index (χ0n) is 43.9. The lowest BCUT2D eigenvalue weighted by atomic mass is 10.0. The molecule has 438 valence electrons. The van der Waals surface area contributed by atoms with Gasteiger partial charge in [0.1, 0.15) is 54.1 Å². The molecule has 2 aromatic rings. The highest BCUT2D eigenvalue weighted by atomic mass is 32.2. The van der Waals surface area contributed by atoms with E-state index in [-0.39, 0.29) is 35.8 Å². The van der Waals surface area contributed by atoms with Gasteiger partial charge >= 0.3 is 47.8 Å². The van der Waals surface area contributed by atoms with E-state index in [0.29, 0.717) is 25.8 Å². The fraction of sp³-hybridized carbons (Fsp3) is 0.583. The molecule has 1 fully saturated rings. The van der Waals surface area contributed by atoms with Gasteiger partial charge in [-0.2, -0.15) is 24.4 Å². The molecular formula is C48H87N9O17S2. The largest absolute Gasteiger partial charge is 0.508 e. The molecule has 1 aliphatic heterocycles. The number of carboxylic acids is 8. The lowest BCUT2D eigenvalue weighted by molar-refractivity contribution is -0.140. The summed E-state index contributed by atoms with van der Waals surface area (Å²) in [7, 11) is 0. The number of aromatic hydroxyl groups is 1. The van der Waals surface area contributed by atoms with E-state index < -0.39 is 90.0 Å². The third kappa shape index (κ3) is 48.0. The number of thioether (sulfide) groups is 1. The smallest absolute Gasteiger partial charge is 0.321 e. The van der Waals surface area contributed by atoms with E-state index >= 15 is 0 Å². The van der Waals surface area contributed by atoms with Crippen molar-refractivity contribution in [2.24, 2.45) is 57.7 Å². The fourth-order valence-corrected chi connectivity index (χ4v) is 5.33. The first-order chi connectivity index (χ1) is 35.3. The minimum Gasteiger partial charge on any atom is -0.508 e.